The molecule has 0 aliphatic rings. The molecule has 0 fully saturated rings. The van der Waals surface area contributed by atoms with Gasteiger partial charge in [-0.15, -0.1) is 0 Å². The highest BCUT2D eigenvalue weighted by molar-refractivity contribution is 7.84. The van der Waals surface area contributed by atoms with Crippen LogP contribution in [0, 0.1) is 0 Å². The van der Waals surface area contributed by atoms with Gasteiger partial charge in [-0.2, -0.15) is 0 Å². The van der Waals surface area contributed by atoms with Crippen molar-refractivity contribution in [1.29, 1.82) is 0 Å². The third-order valence-electron chi connectivity index (χ3n) is 1.66. The summed E-state index contributed by atoms with van der Waals surface area (Å²) in [6.45, 7) is 1.73. The lowest BCUT2D eigenvalue weighted by atomic mass is 10.3. The lowest BCUT2D eigenvalue weighted by Gasteiger charge is -2.03. The van der Waals surface area contributed by atoms with Crippen LogP contribution in [0.15, 0.2) is 29.2 Å². The quantitative estimate of drug-likeness (QED) is 0.566. The van der Waals surface area contributed by atoms with Crippen LogP contribution in [0.25, 0.3) is 0 Å². The number of carbonyl (C=O) groups is 1. The van der Waals surface area contributed by atoms with Gasteiger partial charge in [0.25, 0.3) is 0 Å². The second-order valence-corrected chi connectivity index (χ2v) is 4.14. The Labute approximate surface area is 85.5 Å². The van der Waals surface area contributed by atoms with Crippen molar-refractivity contribution in [3.8, 4) is 5.75 Å². The van der Waals surface area contributed by atoms with Crippen LogP contribution in [0.1, 0.15) is 13.3 Å². The first-order valence-electron chi connectivity index (χ1n) is 4.27. The number of ether oxygens (including phenoxy) is 1. The predicted molar refractivity (Wildman–Crippen MR) is 54.7 cm³/mol. The minimum Gasteiger partial charge on any atom is -0.426 e. The molecule has 0 spiro atoms. The van der Waals surface area contributed by atoms with Gasteiger partial charge in [0, 0.05) is 28.4 Å². The summed E-state index contributed by atoms with van der Waals surface area (Å²) in [7, 11) is -1.05. The van der Waals surface area contributed by atoms with Crippen molar-refractivity contribution >= 4 is 16.8 Å². The van der Waals surface area contributed by atoms with Crippen LogP contribution >= 0.6 is 0 Å². The maximum atomic E-state index is 11.1. The monoisotopic (exact) mass is 212 g/mol. The van der Waals surface area contributed by atoms with Gasteiger partial charge in [0.05, 0.1) is 0 Å². The summed E-state index contributed by atoms with van der Waals surface area (Å²) < 4.78 is 16.1. The lowest BCUT2D eigenvalue weighted by molar-refractivity contribution is -0.134. The summed E-state index contributed by atoms with van der Waals surface area (Å²) in [4.78, 5) is 11.6. The Balaban J connectivity index is 2.83. The number of hydrogen-bond acceptors (Lipinski definition) is 3. The lowest BCUT2D eigenvalue weighted by Crippen LogP contribution is -2.05. The van der Waals surface area contributed by atoms with Gasteiger partial charge >= 0.3 is 5.97 Å². The van der Waals surface area contributed by atoms with E-state index in [0.29, 0.717) is 17.1 Å². The number of benzene rings is 1. The first-order valence-corrected chi connectivity index (χ1v) is 5.83. The molecule has 1 aromatic rings. The molecule has 0 N–H and O–H groups in total. The van der Waals surface area contributed by atoms with E-state index in [1.165, 1.54) is 0 Å². The normalized spacial score (nSPS) is 12.1. The van der Waals surface area contributed by atoms with E-state index in [0.717, 1.165) is 0 Å². The molecule has 0 saturated heterocycles. The minimum absolute atomic E-state index is 0.288. The van der Waals surface area contributed by atoms with Crippen LogP contribution in [0.5, 0.6) is 5.75 Å². The number of hydrogen-bond donors (Lipinski definition) is 0. The van der Waals surface area contributed by atoms with E-state index in [4.69, 9.17) is 4.74 Å². The molecule has 1 rings (SSSR count). The van der Waals surface area contributed by atoms with Gasteiger partial charge < -0.3 is 4.74 Å². The zero-order valence-corrected chi connectivity index (χ0v) is 8.97. The van der Waals surface area contributed by atoms with Crippen LogP contribution in [0.3, 0.4) is 0 Å². The number of rotatable bonds is 3. The number of carbonyl (C=O) groups excluding carboxylic acids is 1. The van der Waals surface area contributed by atoms with E-state index in [1.807, 2.05) is 0 Å². The molecule has 0 saturated carbocycles. The van der Waals surface area contributed by atoms with Gasteiger partial charge in [0.15, 0.2) is 0 Å². The molecular weight excluding hydrogens is 200 g/mol. The van der Waals surface area contributed by atoms with Crippen LogP contribution < -0.4 is 4.74 Å². The molecule has 0 bridgehead atoms. The Kier molecular flexibility index (Phi) is 3.83. The van der Waals surface area contributed by atoms with Gasteiger partial charge in [-0.05, 0) is 18.2 Å². The van der Waals surface area contributed by atoms with Gasteiger partial charge in [-0.1, -0.05) is 13.0 Å². The smallest absolute Gasteiger partial charge is 0.310 e. The zero-order valence-electron chi connectivity index (χ0n) is 8.15. The van der Waals surface area contributed by atoms with E-state index < -0.39 is 10.8 Å². The van der Waals surface area contributed by atoms with Crippen molar-refractivity contribution in [3.05, 3.63) is 24.3 Å². The van der Waals surface area contributed by atoms with Crippen LogP contribution in [0.4, 0.5) is 0 Å². The summed E-state index contributed by atoms with van der Waals surface area (Å²) in [5.41, 5.74) is 0. The molecule has 0 radical (unpaired) electrons. The summed E-state index contributed by atoms with van der Waals surface area (Å²) >= 11 is 0. The van der Waals surface area contributed by atoms with Gasteiger partial charge in [0.2, 0.25) is 0 Å². The Bertz CT molecular complexity index is 360. The third kappa shape index (κ3) is 2.96. The average molecular weight is 212 g/mol. The Morgan fingerprint density at radius 3 is 2.79 bits per heavy atom. The molecule has 3 nitrogen and oxygen atoms in total. The zero-order chi connectivity index (χ0) is 10.6. The molecule has 1 aromatic carbocycles. The summed E-state index contributed by atoms with van der Waals surface area (Å²) in [5.74, 6) is 0.161. The highest BCUT2D eigenvalue weighted by Crippen LogP contribution is 2.15. The molecule has 1 unspecified atom stereocenters. The maximum Gasteiger partial charge on any atom is 0.310 e. The van der Waals surface area contributed by atoms with Crippen molar-refractivity contribution in [1.82, 2.24) is 0 Å². The highest BCUT2D eigenvalue weighted by atomic mass is 32.2. The van der Waals surface area contributed by atoms with E-state index in [9.17, 15) is 9.00 Å². The summed E-state index contributed by atoms with van der Waals surface area (Å²) in [5, 5.41) is 0. The number of esters is 1. The fraction of sp³-hybridized carbons (Fsp3) is 0.300. The highest BCUT2D eigenvalue weighted by Gasteiger charge is 2.03. The van der Waals surface area contributed by atoms with Crippen LogP contribution in [-0.2, 0) is 15.6 Å². The predicted octanol–water partition coefficient (Wildman–Crippen LogP) is 1.74. The SMILES string of the molecule is CCC(=O)Oc1cccc(S(C)=O)c1. The largest absolute Gasteiger partial charge is 0.426 e. The molecule has 0 aliphatic heterocycles. The van der Waals surface area contributed by atoms with Gasteiger partial charge in [-0.3, -0.25) is 9.00 Å². The average Bonchev–Trinajstić information content (AvgIpc) is 2.18. The molecule has 0 amide bonds. The van der Waals surface area contributed by atoms with Crippen molar-refractivity contribution < 1.29 is 13.7 Å². The second kappa shape index (κ2) is 4.91. The van der Waals surface area contributed by atoms with Gasteiger partial charge in [-0.25, -0.2) is 0 Å². The third-order valence-corrected chi connectivity index (χ3v) is 2.58. The molecule has 14 heavy (non-hydrogen) atoms. The van der Waals surface area contributed by atoms with Gasteiger partial charge in [0.1, 0.15) is 5.75 Å². The summed E-state index contributed by atoms with van der Waals surface area (Å²) in [6, 6.07) is 6.74. The topological polar surface area (TPSA) is 43.4 Å². The summed E-state index contributed by atoms with van der Waals surface area (Å²) in [6.07, 6.45) is 1.92. The Morgan fingerprint density at radius 1 is 1.50 bits per heavy atom. The Morgan fingerprint density at radius 2 is 2.21 bits per heavy atom. The minimum atomic E-state index is -1.05. The van der Waals surface area contributed by atoms with Crippen LogP contribution in [-0.4, -0.2) is 16.4 Å². The van der Waals surface area contributed by atoms with Crippen molar-refractivity contribution in [2.75, 3.05) is 6.26 Å². The molecule has 4 heteroatoms. The van der Waals surface area contributed by atoms with Crippen molar-refractivity contribution in [3.63, 3.8) is 0 Å². The standard InChI is InChI=1S/C10H12O3S/c1-3-10(11)13-8-5-4-6-9(7-8)14(2)12/h4-7H,3H2,1-2H3. The van der Waals surface area contributed by atoms with E-state index in [1.54, 1.807) is 37.4 Å². The molecular formula is C10H12O3S. The first kappa shape index (κ1) is 10.9. The Hall–Kier alpha value is -1.16. The molecule has 0 aromatic heterocycles. The van der Waals surface area contributed by atoms with Crippen molar-refractivity contribution in [2.45, 2.75) is 18.2 Å². The van der Waals surface area contributed by atoms with E-state index in [2.05, 4.69) is 0 Å². The van der Waals surface area contributed by atoms with Crippen molar-refractivity contribution in [2.24, 2.45) is 0 Å². The molecule has 76 valence electrons. The van der Waals surface area contributed by atoms with Crippen LogP contribution in [0.2, 0.25) is 0 Å². The maximum absolute atomic E-state index is 11.1. The van der Waals surface area contributed by atoms with E-state index >= 15 is 0 Å². The first-order chi connectivity index (χ1) is 6.63. The fourth-order valence-electron chi connectivity index (χ4n) is 0.920. The fourth-order valence-corrected chi connectivity index (χ4v) is 1.47. The molecule has 0 heterocycles. The molecule has 0 aliphatic carbocycles. The second-order valence-electron chi connectivity index (χ2n) is 2.76. The molecule has 1 atom stereocenters. The van der Waals surface area contributed by atoms with E-state index in [-0.39, 0.29) is 5.97 Å².